The Labute approximate surface area is 101 Å². The maximum Gasteiger partial charge on any atom is 0.0834 e. The van der Waals surface area contributed by atoms with Gasteiger partial charge in [0.05, 0.1) is 23.0 Å². The topological polar surface area (TPSA) is 29.9 Å². The van der Waals surface area contributed by atoms with Crippen molar-refractivity contribution < 1.29 is 0 Å². The zero-order chi connectivity index (χ0) is 11.3. The van der Waals surface area contributed by atoms with Crippen molar-refractivity contribution >= 4 is 23.4 Å². The number of hydrogen-bond acceptors (Lipinski definition) is 3. The molecule has 15 heavy (non-hydrogen) atoms. The molecule has 0 bridgehead atoms. The molecule has 0 amide bonds. The van der Waals surface area contributed by atoms with Crippen molar-refractivity contribution in [3.63, 3.8) is 0 Å². The Hall–Kier alpha value is -0.190. The third-order valence-corrected chi connectivity index (χ3v) is 3.20. The van der Waals surface area contributed by atoms with E-state index in [2.05, 4.69) is 30.5 Å². The van der Waals surface area contributed by atoms with E-state index in [0.29, 0.717) is 6.04 Å². The molecule has 0 aliphatic carbocycles. The highest BCUT2D eigenvalue weighted by molar-refractivity contribution is 7.98. The molecule has 1 atom stereocenters. The highest BCUT2D eigenvalue weighted by atomic mass is 35.5. The molecule has 3 nitrogen and oxygen atoms in total. The molecule has 0 saturated heterocycles. The van der Waals surface area contributed by atoms with Crippen molar-refractivity contribution in [1.29, 1.82) is 0 Å². The predicted molar refractivity (Wildman–Crippen MR) is 67.7 cm³/mol. The van der Waals surface area contributed by atoms with Crippen LogP contribution in [0.5, 0.6) is 0 Å². The summed E-state index contributed by atoms with van der Waals surface area (Å²) in [7, 11) is 0. The summed E-state index contributed by atoms with van der Waals surface area (Å²) < 4.78 is 1.96. The number of hydrogen-bond donors (Lipinski definition) is 1. The van der Waals surface area contributed by atoms with Crippen molar-refractivity contribution in [2.24, 2.45) is 0 Å². The second kappa shape index (κ2) is 6.40. The van der Waals surface area contributed by atoms with E-state index in [9.17, 15) is 0 Å². The van der Waals surface area contributed by atoms with Crippen LogP contribution >= 0.6 is 23.4 Å². The zero-order valence-electron chi connectivity index (χ0n) is 9.46. The maximum atomic E-state index is 6.16. The van der Waals surface area contributed by atoms with Crippen LogP contribution in [-0.2, 0) is 6.54 Å². The van der Waals surface area contributed by atoms with Crippen LogP contribution in [-0.4, -0.2) is 28.3 Å². The molecule has 5 heteroatoms. The van der Waals surface area contributed by atoms with Gasteiger partial charge in [-0.1, -0.05) is 18.5 Å². The van der Waals surface area contributed by atoms with Crippen LogP contribution < -0.4 is 5.32 Å². The first kappa shape index (κ1) is 12.9. The van der Waals surface area contributed by atoms with Crippen molar-refractivity contribution in [3.05, 3.63) is 16.9 Å². The number of nitrogens with zero attached hydrogens (tertiary/aromatic N) is 2. The Morgan fingerprint density at radius 2 is 2.33 bits per heavy atom. The van der Waals surface area contributed by atoms with Gasteiger partial charge in [0.1, 0.15) is 0 Å². The van der Waals surface area contributed by atoms with Gasteiger partial charge in [0.2, 0.25) is 0 Å². The first-order chi connectivity index (χ1) is 7.24. The van der Waals surface area contributed by atoms with Gasteiger partial charge in [0, 0.05) is 12.3 Å². The molecule has 1 aromatic rings. The summed E-state index contributed by atoms with van der Waals surface area (Å²) in [5.41, 5.74) is 1.11. The quantitative estimate of drug-likeness (QED) is 0.838. The van der Waals surface area contributed by atoms with Crippen LogP contribution in [0.15, 0.2) is 6.20 Å². The number of aromatic nitrogens is 2. The summed E-state index contributed by atoms with van der Waals surface area (Å²) in [6.45, 7) is 5.98. The molecule has 0 radical (unpaired) electrons. The molecule has 0 aliphatic heterocycles. The second-order valence-electron chi connectivity index (χ2n) is 3.26. The van der Waals surface area contributed by atoms with Gasteiger partial charge in [0.25, 0.3) is 0 Å². The molecule has 1 unspecified atom stereocenters. The minimum atomic E-state index is 0.292. The van der Waals surface area contributed by atoms with Crippen LogP contribution in [0.2, 0.25) is 5.02 Å². The van der Waals surface area contributed by atoms with Crippen LogP contribution in [0.4, 0.5) is 0 Å². The van der Waals surface area contributed by atoms with Gasteiger partial charge in [0.15, 0.2) is 0 Å². The summed E-state index contributed by atoms with van der Waals surface area (Å²) >= 11 is 7.97. The van der Waals surface area contributed by atoms with Gasteiger partial charge in [-0.15, -0.1) is 0 Å². The molecular formula is C10H18ClN3S. The number of thioether (sulfide) groups is 1. The van der Waals surface area contributed by atoms with E-state index in [0.717, 1.165) is 29.6 Å². The summed E-state index contributed by atoms with van der Waals surface area (Å²) in [5.74, 6) is 1.01. The fraction of sp³-hybridized carbons (Fsp3) is 0.700. The van der Waals surface area contributed by atoms with Crippen LogP contribution in [0.1, 0.15) is 25.6 Å². The number of nitrogens with one attached hydrogen (secondary N) is 1. The Morgan fingerprint density at radius 3 is 2.87 bits per heavy atom. The Kier molecular flexibility index (Phi) is 5.50. The molecule has 1 heterocycles. The average molecular weight is 248 g/mol. The first-order valence-corrected chi connectivity index (χ1v) is 6.95. The molecular weight excluding hydrogens is 230 g/mol. The molecule has 0 saturated carbocycles. The molecule has 0 aromatic carbocycles. The number of halogens is 1. The molecule has 86 valence electrons. The molecule has 1 aromatic heterocycles. The second-order valence-corrected chi connectivity index (χ2v) is 4.58. The van der Waals surface area contributed by atoms with Crippen molar-refractivity contribution in [2.75, 3.05) is 18.6 Å². The fourth-order valence-electron chi connectivity index (χ4n) is 1.62. The average Bonchev–Trinajstić information content (AvgIpc) is 2.59. The zero-order valence-corrected chi connectivity index (χ0v) is 11.0. The van der Waals surface area contributed by atoms with E-state index in [1.54, 1.807) is 6.20 Å². The predicted octanol–water partition coefficient (Wildman–Crippen LogP) is 2.57. The fourth-order valence-corrected chi connectivity index (χ4v) is 2.50. The van der Waals surface area contributed by atoms with E-state index in [1.807, 2.05) is 16.4 Å². The van der Waals surface area contributed by atoms with E-state index in [1.165, 1.54) is 0 Å². The molecule has 1 N–H and O–H groups in total. The maximum absolute atomic E-state index is 6.16. The summed E-state index contributed by atoms with van der Waals surface area (Å²) in [6, 6.07) is 0.292. The van der Waals surface area contributed by atoms with Gasteiger partial charge >= 0.3 is 0 Å². The van der Waals surface area contributed by atoms with E-state index in [4.69, 9.17) is 11.6 Å². The lowest BCUT2D eigenvalue weighted by atomic mass is 10.2. The highest BCUT2D eigenvalue weighted by Crippen LogP contribution is 2.24. The molecule has 1 rings (SSSR count). The standard InChI is InChI=1S/C10H18ClN3S/c1-4-12-9(7-15-3)10-8(11)6-13-14(10)5-2/h6,9,12H,4-5,7H2,1-3H3. The minimum absolute atomic E-state index is 0.292. The van der Waals surface area contributed by atoms with E-state index >= 15 is 0 Å². The van der Waals surface area contributed by atoms with Crippen molar-refractivity contribution in [1.82, 2.24) is 15.1 Å². The molecule has 0 fully saturated rings. The van der Waals surface area contributed by atoms with E-state index in [-0.39, 0.29) is 0 Å². The number of rotatable bonds is 6. The lowest BCUT2D eigenvalue weighted by molar-refractivity contribution is 0.527. The molecule has 0 spiro atoms. The normalized spacial score (nSPS) is 13.1. The Balaban J connectivity index is 2.92. The van der Waals surface area contributed by atoms with Gasteiger partial charge in [-0.2, -0.15) is 16.9 Å². The van der Waals surface area contributed by atoms with Gasteiger partial charge in [-0.25, -0.2) is 0 Å². The highest BCUT2D eigenvalue weighted by Gasteiger charge is 2.18. The number of aryl methyl sites for hydroxylation is 1. The summed E-state index contributed by atoms with van der Waals surface area (Å²) in [5, 5.41) is 8.45. The summed E-state index contributed by atoms with van der Waals surface area (Å²) in [6.07, 6.45) is 3.83. The summed E-state index contributed by atoms with van der Waals surface area (Å²) in [4.78, 5) is 0. The smallest absolute Gasteiger partial charge is 0.0834 e. The van der Waals surface area contributed by atoms with Gasteiger partial charge in [-0.3, -0.25) is 4.68 Å². The Morgan fingerprint density at radius 1 is 1.60 bits per heavy atom. The first-order valence-electron chi connectivity index (χ1n) is 5.18. The van der Waals surface area contributed by atoms with Gasteiger partial charge in [-0.05, 0) is 19.7 Å². The SMILES string of the molecule is CCNC(CSC)c1c(Cl)cnn1CC. The molecule has 0 aliphatic rings. The minimum Gasteiger partial charge on any atom is -0.308 e. The van der Waals surface area contributed by atoms with Crippen LogP contribution in [0.3, 0.4) is 0 Å². The van der Waals surface area contributed by atoms with Crippen LogP contribution in [0, 0.1) is 0 Å². The largest absolute Gasteiger partial charge is 0.308 e. The van der Waals surface area contributed by atoms with Crippen molar-refractivity contribution in [2.45, 2.75) is 26.4 Å². The lowest BCUT2D eigenvalue weighted by Crippen LogP contribution is -2.26. The van der Waals surface area contributed by atoms with E-state index < -0.39 is 0 Å². The Bertz CT molecular complexity index is 295. The van der Waals surface area contributed by atoms with Crippen molar-refractivity contribution in [3.8, 4) is 0 Å². The third-order valence-electron chi connectivity index (χ3n) is 2.25. The monoisotopic (exact) mass is 247 g/mol. The third kappa shape index (κ3) is 3.13. The lowest BCUT2D eigenvalue weighted by Gasteiger charge is -2.18. The van der Waals surface area contributed by atoms with Gasteiger partial charge < -0.3 is 5.32 Å². The van der Waals surface area contributed by atoms with Crippen LogP contribution in [0.25, 0.3) is 0 Å².